The summed E-state index contributed by atoms with van der Waals surface area (Å²) in [5.74, 6) is 3.27. The van der Waals surface area contributed by atoms with Crippen LogP contribution in [0, 0.1) is 17.7 Å². The van der Waals surface area contributed by atoms with Gasteiger partial charge in [0.1, 0.15) is 5.82 Å². The lowest BCUT2D eigenvalue weighted by atomic mass is 9.69. The van der Waals surface area contributed by atoms with Gasteiger partial charge >= 0.3 is 0 Å². The molecule has 170 valence electrons. The standard InChI is InChI=1S/C27H38FNO2/c1-19(2)27-21(9-10-22-18-23(28)11-12-24(22)27)14-16-29-15-6-5-7-20-8-13-25(30-3)26(17-20)31-4/h8,11-13,17-19,21,27,29H,5-7,9-10,14-16H2,1-4H3/t21?,27-/m1/s1. The Kier molecular flexibility index (Phi) is 8.77. The molecule has 1 N–H and O–H groups in total. The Bertz CT molecular complexity index is 836. The predicted molar refractivity (Wildman–Crippen MR) is 126 cm³/mol. The fourth-order valence-electron chi connectivity index (χ4n) is 5.15. The molecular weight excluding hydrogens is 389 g/mol. The van der Waals surface area contributed by atoms with Crippen LogP contribution in [0.1, 0.15) is 62.1 Å². The van der Waals surface area contributed by atoms with Gasteiger partial charge in [-0.05, 0) is 110 Å². The Balaban J connectivity index is 1.39. The third-order valence-corrected chi connectivity index (χ3v) is 6.68. The molecule has 0 bridgehead atoms. The van der Waals surface area contributed by atoms with Gasteiger partial charge in [-0.15, -0.1) is 0 Å². The second-order valence-electron chi connectivity index (χ2n) is 9.10. The number of rotatable bonds is 11. The van der Waals surface area contributed by atoms with Crippen molar-refractivity contribution in [1.29, 1.82) is 0 Å². The Morgan fingerprint density at radius 3 is 2.55 bits per heavy atom. The molecule has 1 aliphatic rings. The summed E-state index contributed by atoms with van der Waals surface area (Å²) in [6.45, 7) is 6.71. The first-order valence-corrected chi connectivity index (χ1v) is 11.7. The van der Waals surface area contributed by atoms with Gasteiger partial charge in [-0.25, -0.2) is 4.39 Å². The number of hydrogen-bond donors (Lipinski definition) is 1. The van der Waals surface area contributed by atoms with Crippen LogP contribution in [0.25, 0.3) is 0 Å². The van der Waals surface area contributed by atoms with Gasteiger partial charge in [0.2, 0.25) is 0 Å². The van der Waals surface area contributed by atoms with Crippen LogP contribution in [0.3, 0.4) is 0 Å². The van der Waals surface area contributed by atoms with Gasteiger partial charge in [0, 0.05) is 0 Å². The van der Waals surface area contributed by atoms with Crippen LogP contribution in [0.5, 0.6) is 11.5 Å². The largest absolute Gasteiger partial charge is 0.493 e. The summed E-state index contributed by atoms with van der Waals surface area (Å²) in [5.41, 5.74) is 3.88. The molecular formula is C27H38FNO2. The number of aryl methyl sites for hydroxylation is 2. The first-order valence-electron chi connectivity index (χ1n) is 11.7. The van der Waals surface area contributed by atoms with E-state index in [1.165, 1.54) is 29.5 Å². The predicted octanol–water partition coefficient (Wildman–Crippen LogP) is 6.15. The van der Waals surface area contributed by atoms with Crippen LogP contribution in [-0.2, 0) is 12.8 Å². The molecule has 0 radical (unpaired) electrons. The van der Waals surface area contributed by atoms with E-state index in [1.807, 2.05) is 12.1 Å². The van der Waals surface area contributed by atoms with E-state index in [4.69, 9.17) is 9.47 Å². The molecule has 4 heteroatoms. The summed E-state index contributed by atoms with van der Waals surface area (Å²) in [4.78, 5) is 0. The van der Waals surface area contributed by atoms with Crippen LogP contribution in [-0.4, -0.2) is 27.3 Å². The van der Waals surface area contributed by atoms with E-state index in [9.17, 15) is 4.39 Å². The van der Waals surface area contributed by atoms with Crippen LogP contribution in [0.4, 0.5) is 4.39 Å². The van der Waals surface area contributed by atoms with Crippen LogP contribution in [0.2, 0.25) is 0 Å². The molecule has 0 aliphatic heterocycles. The Hall–Kier alpha value is -2.07. The van der Waals surface area contributed by atoms with Crippen molar-refractivity contribution in [3.05, 3.63) is 58.9 Å². The summed E-state index contributed by atoms with van der Waals surface area (Å²) in [5, 5.41) is 3.65. The quantitative estimate of drug-likeness (QED) is 0.437. The second kappa shape index (κ2) is 11.5. The number of hydrogen-bond acceptors (Lipinski definition) is 3. The maximum Gasteiger partial charge on any atom is 0.160 e. The van der Waals surface area contributed by atoms with Crippen molar-refractivity contribution >= 4 is 0 Å². The number of unbranched alkanes of at least 4 members (excludes halogenated alkanes) is 1. The molecule has 2 aromatic carbocycles. The number of nitrogens with one attached hydrogen (secondary N) is 1. The normalized spacial score (nSPS) is 18.1. The van der Waals surface area contributed by atoms with Crippen molar-refractivity contribution in [2.45, 2.75) is 58.3 Å². The lowest BCUT2D eigenvalue weighted by molar-refractivity contribution is 0.284. The SMILES string of the molecule is COc1ccc(CCCCNCCC2CCc3cc(F)ccc3[C@@H]2C(C)C)cc1OC. The van der Waals surface area contributed by atoms with Crippen LogP contribution in [0.15, 0.2) is 36.4 Å². The molecule has 3 nitrogen and oxygen atoms in total. The highest BCUT2D eigenvalue weighted by Crippen LogP contribution is 2.42. The smallest absolute Gasteiger partial charge is 0.160 e. The minimum Gasteiger partial charge on any atom is -0.493 e. The molecule has 0 aromatic heterocycles. The molecule has 3 rings (SSSR count). The van der Waals surface area contributed by atoms with Crippen molar-refractivity contribution in [1.82, 2.24) is 5.32 Å². The molecule has 0 spiro atoms. The van der Waals surface area contributed by atoms with Crippen molar-refractivity contribution < 1.29 is 13.9 Å². The van der Waals surface area contributed by atoms with E-state index in [0.717, 1.165) is 50.3 Å². The zero-order valence-corrected chi connectivity index (χ0v) is 19.5. The maximum atomic E-state index is 13.6. The van der Waals surface area contributed by atoms with Gasteiger partial charge in [-0.2, -0.15) is 0 Å². The summed E-state index contributed by atoms with van der Waals surface area (Å²) >= 11 is 0. The Morgan fingerprint density at radius 2 is 1.81 bits per heavy atom. The van der Waals surface area contributed by atoms with Gasteiger partial charge in [-0.3, -0.25) is 0 Å². The van der Waals surface area contributed by atoms with Crippen molar-refractivity contribution in [3.8, 4) is 11.5 Å². The molecule has 2 atom stereocenters. The topological polar surface area (TPSA) is 30.5 Å². The highest BCUT2D eigenvalue weighted by Gasteiger charge is 2.31. The minimum atomic E-state index is -0.102. The average Bonchev–Trinajstić information content (AvgIpc) is 2.77. The van der Waals surface area contributed by atoms with E-state index in [0.29, 0.717) is 17.8 Å². The molecule has 0 amide bonds. The highest BCUT2D eigenvalue weighted by atomic mass is 19.1. The summed E-state index contributed by atoms with van der Waals surface area (Å²) < 4.78 is 24.3. The lowest BCUT2D eigenvalue weighted by Gasteiger charge is -2.36. The monoisotopic (exact) mass is 427 g/mol. The molecule has 0 heterocycles. The third-order valence-electron chi connectivity index (χ3n) is 6.68. The van der Waals surface area contributed by atoms with Gasteiger partial charge in [0.05, 0.1) is 14.2 Å². The highest BCUT2D eigenvalue weighted by molar-refractivity contribution is 5.42. The van der Waals surface area contributed by atoms with E-state index in [2.05, 4.69) is 31.3 Å². The molecule has 1 unspecified atom stereocenters. The fourth-order valence-corrected chi connectivity index (χ4v) is 5.15. The second-order valence-corrected chi connectivity index (χ2v) is 9.10. The Morgan fingerprint density at radius 1 is 1.00 bits per heavy atom. The number of fused-ring (bicyclic) bond motifs is 1. The van der Waals surface area contributed by atoms with E-state index < -0.39 is 0 Å². The molecule has 2 aromatic rings. The Labute approximate surface area is 187 Å². The molecule has 0 saturated heterocycles. The maximum absolute atomic E-state index is 13.6. The third kappa shape index (κ3) is 6.22. The van der Waals surface area contributed by atoms with E-state index >= 15 is 0 Å². The van der Waals surface area contributed by atoms with Gasteiger partial charge < -0.3 is 14.8 Å². The number of benzene rings is 2. The summed E-state index contributed by atoms with van der Waals surface area (Å²) in [6, 6.07) is 11.6. The molecule has 31 heavy (non-hydrogen) atoms. The van der Waals surface area contributed by atoms with Gasteiger partial charge in [-0.1, -0.05) is 26.0 Å². The zero-order valence-electron chi connectivity index (χ0n) is 19.5. The van der Waals surface area contributed by atoms with Gasteiger partial charge in [0.25, 0.3) is 0 Å². The zero-order chi connectivity index (χ0) is 22.2. The molecule has 0 fully saturated rings. The van der Waals surface area contributed by atoms with E-state index in [-0.39, 0.29) is 5.82 Å². The minimum absolute atomic E-state index is 0.102. The van der Waals surface area contributed by atoms with Crippen molar-refractivity contribution in [2.24, 2.45) is 11.8 Å². The van der Waals surface area contributed by atoms with Crippen LogP contribution >= 0.6 is 0 Å². The van der Waals surface area contributed by atoms with Crippen LogP contribution < -0.4 is 14.8 Å². The molecule has 1 aliphatic carbocycles. The fraction of sp³-hybridized carbons (Fsp3) is 0.556. The summed E-state index contributed by atoms with van der Waals surface area (Å²) in [6.07, 6.45) is 6.73. The van der Waals surface area contributed by atoms with Crippen molar-refractivity contribution in [3.63, 3.8) is 0 Å². The average molecular weight is 428 g/mol. The van der Waals surface area contributed by atoms with E-state index in [1.54, 1.807) is 26.4 Å². The first kappa shape index (κ1) is 23.6. The van der Waals surface area contributed by atoms with Crippen molar-refractivity contribution in [2.75, 3.05) is 27.3 Å². The summed E-state index contributed by atoms with van der Waals surface area (Å²) in [7, 11) is 3.34. The molecule has 0 saturated carbocycles. The number of halogens is 1. The number of methoxy groups -OCH3 is 2. The number of ether oxygens (including phenoxy) is 2. The first-order chi connectivity index (χ1) is 15.0. The lowest BCUT2D eigenvalue weighted by Crippen LogP contribution is -2.28. The van der Waals surface area contributed by atoms with Gasteiger partial charge in [0.15, 0.2) is 11.5 Å².